The first-order chi connectivity index (χ1) is 10.6. The Morgan fingerprint density at radius 1 is 1.41 bits per heavy atom. The number of nitrogens with zero attached hydrogens (tertiary/aromatic N) is 4. The molecule has 0 aromatic carbocycles. The molecule has 7 nitrogen and oxygen atoms in total. The standard InChI is InChI=1S/C15H19N5O2/c1-11-17-18-13-10-12(5-9-20(11)13)15(22)16-6-3-8-19-7-2-4-14(19)21/h5,9-10H,2-4,6-8H2,1H3,(H,16,22). The lowest BCUT2D eigenvalue weighted by atomic mass is 10.2. The molecule has 0 aliphatic carbocycles. The molecule has 0 radical (unpaired) electrons. The predicted molar refractivity (Wildman–Crippen MR) is 80.5 cm³/mol. The average Bonchev–Trinajstić information content (AvgIpc) is 3.09. The molecule has 3 heterocycles. The molecule has 1 aliphatic heterocycles. The number of hydrogen-bond acceptors (Lipinski definition) is 4. The Kier molecular flexibility index (Phi) is 4.04. The van der Waals surface area contributed by atoms with Crippen LogP contribution in [0.4, 0.5) is 0 Å². The van der Waals surface area contributed by atoms with Crippen molar-refractivity contribution < 1.29 is 9.59 Å². The lowest BCUT2D eigenvalue weighted by Crippen LogP contribution is -2.30. The predicted octanol–water partition coefficient (Wildman–Crippen LogP) is 0.780. The maximum Gasteiger partial charge on any atom is 0.251 e. The molecule has 1 aliphatic rings. The van der Waals surface area contributed by atoms with Crippen LogP contribution in [0.15, 0.2) is 18.3 Å². The van der Waals surface area contributed by atoms with Gasteiger partial charge in [0.15, 0.2) is 5.65 Å². The van der Waals surface area contributed by atoms with E-state index in [1.807, 2.05) is 16.2 Å². The smallest absolute Gasteiger partial charge is 0.251 e. The van der Waals surface area contributed by atoms with Crippen LogP contribution in [-0.2, 0) is 4.79 Å². The summed E-state index contributed by atoms with van der Waals surface area (Å²) in [7, 11) is 0. The minimum atomic E-state index is -0.129. The molecule has 0 atom stereocenters. The zero-order valence-electron chi connectivity index (χ0n) is 12.6. The van der Waals surface area contributed by atoms with Crippen molar-refractivity contribution in [2.75, 3.05) is 19.6 Å². The molecule has 1 N–H and O–H groups in total. The normalized spacial score (nSPS) is 14.8. The molecule has 3 rings (SSSR count). The first-order valence-electron chi connectivity index (χ1n) is 7.52. The van der Waals surface area contributed by atoms with Gasteiger partial charge in [-0.05, 0) is 31.9 Å². The minimum absolute atomic E-state index is 0.129. The van der Waals surface area contributed by atoms with Gasteiger partial charge < -0.3 is 10.2 Å². The third-order valence-electron chi connectivity index (χ3n) is 3.90. The van der Waals surface area contributed by atoms with E-state index in [1.165, 1.54) is 0 Å². The second-order valence-electron chi connectivity index (χ2n) is 5.48. The third-order valence-corrected chi connectivity index (χ3v) is 3.90. The quantitative estimate of drug-likeness (QED) is 0.828. The van der Waals surface area contributed by atoms with Gasteiger partial charge in [0.05, 0.1) is 0 Å². The van der Waals surface area contributed by atoms with Crippen LogP contribution in [0.5, 0.6) is 0 Å². The van der Waals surface area contributed by atoms with Crippen molar-refractivity contribution in [2.24, 2.45) is 0 Å². The zero-order chi connectivity index (χ0) is 15.5. The number of amides is 2. The first-order valence-corrected chi connectivity index (χ1v) is 7.52. The van der Waals surface area contributed by atoms with Crippen molar-refractivity contribution in [3.8, 4) is 0 Å². The number of rotatable bonds is 5. The molecular weight excluding hydrogens is 282 g/mol. The van der Waals surface area contributed by atoms with Crippen LogP contribution in [0.1, 0.15) is 35.4 Å². The molecule has 116 valence electrons. The number of pyridine rings is 1. The molecule has 0 bridgehead atoms. The van der Waals surface area contributed by atoms with Crippen molar-refractivity contribution in [3.63, 3.8) is 0 Å². The highest BCUT2D eigenvalue weighted by Crippen LogP contribution is 2.10. The van der Waals surface area contributed by atoms with Gasteiger partial charge in [-0.1, -0.05) is 0 Å². The molecule has 1 saturated heterocycles. The van der Waals surface area contributed by atoms with Crippen LogP contribution in [0.25, 0.3) is 5.65 Å². The van der Waals surface area contributed by atoms with E-state index in [0.29, 0.717) is 30.7 Å². The maximum atomic E-state index is 12.1. The van der Waals surface area contributed by atoms with E-state index in [9.17, 15) is 9.59 Å². The number of aromatic nitrogens is 3. The van der Waals surface area contributed by atoms with Gasteiger partial charge in [-0.2, -0.15) is 0 Å². The highest BCUT2D eigenvalue weighted by Gasteiger charge is 2.19. The lowest BCUT2D eigenvalue weighted by Gasteiger charge is -2.15. The highest BCUT2D eigenvalue weighted by molar-refractivity contribution is 5.94. The Hall–Kier alpha value is -2.44. The molecule has 0 saturated carbocycles. The number of fused-ring (bicyclic) bond motifs is 1. The van der Waals surface area contributed by atoms with Gasteiger partial charge in [-0.15, -0.1) is 10.2 Å². The fraction of sp³-hybridized carbons (Fsp3) is 0.467. The van der Waals surface area contributed by atoms with E-state index < -0.39 is 0 Å². The number of aryl methyl sites for hydroxylation is 1. The Morgan fingerprint density at radius 2 is 2.27 bits per heavy atom. The summed E-state index contributed by atoms with van der Waals surface area (Å²) in [5.41, 5.74) is 1.23. The van der Waals surface area contributed by atoms with E-state index in [4.69, 9.17) is 0 Å². The Labute approximate surface area is 128 Å². The van der Waals surface area contributed by atoms with E-state index in [0.717, 1.165) is 25.2 Å². The maximum absolute atomic E-state index is 12.1. The summed E-state index contributed by atoms with van der Waals surface area (Å²) in [4.78, 5) is 25.4. The van der Waals surface area contributed by atoms with E-state index in [1.54, 1.807) is 18.3 Å². The summed E-state index contributed by atoms with van der Waals surface area (Å²) < 4.78 is 1.83. The number of carbonyl (C=O) groups excluding carboxylic acids is 2. The van der Waals surface area contributed by atoms with Crippen LogP contribution in [0.3, 0.4) is 0 Å². The SMILES string of the molecule is Cc1nnc2cc(C(=O)NCCCN3CCCC3=O)ccn12. The van der Waals surface area contributed by atoms with Gasteiger partial charge in [-0.25, -0.2) is 0 Å². The molecule has 2 amide bonds. The highest BCUT2D eigenvalue weighted by atomic mass is 16.2. The average molecular weight is 301 g/mol. The van der Waals surface area contributed by atoms with Crippen molar-refractivity contribution >= 4 is 17.5 Å². The van der Waals surface area contributed by atoms with Crippen molar-refractivity contribution in [3.05, 3.63) is 29.7 Å². The second-order valence-corrected chi connectivity index (χ2v) is 5.48. The van der Waals surface area contributed by atoms with Crippen molar-refractivity contribution in [2.45, 2.75) is 26.2 Å². The summed E-state index contributed by atoms with van der Waals surface area (Å²) in [5, 5.41) is 10.8. The Morgan fingerprint density at radius 3 is 3.05 bits per heavy atom. The van der Waals surface area contributed by atoms with Gasteiger partial charge in [0.2, 0.25) is 5.91 Å². The number of carbonyl (C=O) groups is 2. The van der Waals surface area contributed by atoms with Crippen LogP contribution in [-0.4, -0.2) is 50.9 Å². The van der Waals surface area contributed by atoms with Crippen LogP contribution < -0.4 is 5.32 Å². The topological polar surface area (TPSA) is 79.6 Å². The molecule has 2 aromatic heterocycles. The van der Waals surface area contributed by atoms with Crippen molar-refractivity contribution in [1.82, 2.24) is 24.8 Å². The number of nitrogens with one attached hydrogen (secondary N) is 1. The van der Waals surface area contributed by atoms with Gasteiger partial charge in [0.25, 0.3) is 5.91 Å². The molecule has 22 heavy (non-hydrogen) atoms. The van der Waals surface area contributed by atoms with E-state index in [-0.39, 0.29) is 11.8 Å². The summed E-state index contributed by atoms with van der Waals surface area (Å²) in [6, 6.07) is 3.47. The van der Waals surface area contributed by atoms with Crippen LogP contribution in [0.2, 0.25) is 0 Å². The minimum Gasteiger partial charge on any atom is -0.352 e. The summed E-state index contributed by atoms with van der Waals surface area (Å²) in [6.07, 6.45) is 4.17. The number of hydrogen-bond donors (Lipinski definition) is 1. The Bertz CT molecular complexity index is 709. The van der Waals surface area contributed by atoms with Crippen LogP contribution >= 0.6 is 0 Å². The van der Waals surface area contributed by atoms with Gasteiger partial charge in [-0.3, -0.25) is 14.0 Å². The summed E-state index contributed by atoms with van der Waals surface area (Å²) in [6.45, 7) is 3.97. The molecular formula is C15H19N5O2. The summed E-state index contributed by atoms with van der Waals surface area (Å²) in [5.74, 6) is 0.882. The zero-order valence-corrected chi connectivity index (χ0v) is 12.6. The first kappa shape index (κ1) is 14.5. The largest absolute Gasteiger partial charge is 0.352 e. The van der Waals surface area contributed by atoms with Gasteiger partial charge in [0, 0.05) is 37.8 Å². The van der Waals surface area contributed by atoms with Crippen molar-refractivity contribution in [1.29, 1.82) is 0 Å². The lowest BCUT2D eigenvalue weighted by molar-refractivity contribution is -0.127. The van der Waals surface area contributed by atoms with Gasteiger partial charge in [0.1, 0.15) is 5.82 Å². The molecule has 1 fully saturated rings. The van der Waals surface area contributed by atoms with Crippen LogP contribution in [0, 0.1) is 6.92 Å². The molecule has 2 aromatic rings. The molecule has 7 heteroatoms. The number of likely N-dealkylation sites (tertiary alicyclic amines) is 1. The summed E-state index contributed by atoms with van der Waals surface area (Å²) >= 11 is 0. The van der Waals surface area contributed by atoms with E-state index in [2.05, 4.69) is 15.5 Å². The monoisotopic (exact) mass is 301 g/mol. The molecule has 0 spiro atoms. The Balaban J connectivity index is 1.51. The third kappa shape index (κ3) is 2.93. The fourth-order valence-electron chi connectivity index (χ4n) is 2.67. The van der Waals surface area contributed by atoms with Gasteiger partial charge >= 0.3 is 0 Å². The second kappa shape index (κ2) is 6.13. The fourth-order valence-corrected chi connectivity index (χ4v) is 2.67. The molecule has 0 unspecified atom stereocenters. The van der Waals surface area contributed by atoms with E-state index >= 15 is 0 Å².